The van der Waals surface area contributed by atoms with E-state index in [1.807, 2.05) is 0 Å². The summed E-state index contributed by atoms with van der Waals surface area (Å²) in [7, 11) is 0. The van der Waals surface area contributed by atoms with Gasteiger partial charge in [0.15, 0.2) is 6.29 Å². The maximum Gasteiger partial charge on any atom is 0.186 e. The Morgan fingerprint density at radius 3 is 2.22 bits per heavy atom. The van der Waals surface area contributed by atoms with Gasteiger partial charge in [-0.2, -0.15) is 0 Å². The molecular weight excluding hydrogens is 314 g/mol. The van der Waals surface area contributed by atoms with E-state index in [0.29, 0.717) is 0 Å². The number of rotatable bonds is 1. The molecule has 2 bridgehead atoms. The topological polar surface area (TPSA) is 186 Å². The van der Waals surface area contributed by atoms with Crippen molar-refractivity contribution in [1.29, 1.82) is 0 Å². The minimum Gasteiger partial charge on any atom is -0.392 e. The monoisotopic (exact) mass is 337 g/mol. The molecule has 0 aromatic rings. The average Bonchev–Trinajstić information content (AvgIpc) is 3.00. The Morgan fingerprint density at radius 1 is 0.957 bits per heavy atom. The average molecular weight is 337 g/mol. The third kappa shape index (κ3) is 3.72. The fourth-order valence-electron chi connectivity index (χ4n) is 2.61. The van der Waals surface area contributed by atoms with Gasteiger partial charge in [-0.25, -0.2) is 0 Å². The first-order valence-corrected chi connectivity index (χ1v) is 7.20. The van der Waals surface area contributed by atoms with Crippen molar-refractivity contribution in [3.63, 3.8) is 0 Å². The molecule has 9 N–H and O–H groups in total. The third-order valence-corrected chi connectivity index (χ3v) is 4.13. The van der Waals surface area contributed by atoms with Crippen molar-refractivity contribution in [3.8, 4) is 0 Å². The van der Waals surface area contributed by atoms with Crippen LogP contribution in [0.15, 0.2) is 11.6 Å². The van der Waals surface area contributed by atoms with Crippen molar-refractivity contribution >= 4 is 0 Å². The predicted molar refractivity (Wildman–Crippen MR) is 73.8 cm³/mol. The van der Waals surface area contributed by atoms with E-state index in [9.17, 15) is 20.4 Å². The van der Waals surface area contributed by atoms with Gasteiger partial charge in [0.1, 0.15) is 42.7 Å². The summed E-state index contributed by atoms with van der Waals surface area (Å²) in [6, 6.07) is -0.731. The molecule has 2 saturated heterocycles. The van der Waals surface area contributed by atoms with Crippen molar-refractivity contribution in [2.75, 3.05) is 13.2 Å². The van der Waals surface area contributed by atoms with Crippen LogP contribution in [-0.2, 0) is 9.47 Å². The SMILES string of the molecule is N[C@H]1C=C(CO)[C@@H](O)[C@H](O)[C@H]1O.O[C@@H]1[C@@H](O)[C@@H]2OC[C@@H](O2)[C@H]1O. The standard InChI is InChI=1S/C7H13NO4.C6H10O5/c8-4-1-3(2-9)5(10)7(12)6(4)11;7-3-2-1-10-6(11-2)5(9)4(3)8/h1,4-7,9-12H,2,8H2;2-9H,1H2/t4-,5+,6-,7-;2-,3-,4+,5-,6-/m01/s1. The zero-order valence-electron chi connectivity index (χ0n) is 12.2. The molecule has 23 heavy (non-hydrogen) atoms. The molecule has 2 heterocycles. The van der Waals surface area contributed by atoms with Gasteiger partial charge in [0.05, 0.1) is 19.3 Å². The second-order valence-corrected chi connectivity index (χ2v) is 5.75. The van der Waals surface area contributed by atoms with Crippen LogP contribution in [0, 0.1) is 0 Å². The van der Waals surface area contributed by atoms with E-state index in [2.05, 4.69) is 0 Å². The molecule has 0 spiro atoms. The predicted octanol–water partition coefficient (Wildman–Crippen LogP) is -4.85. The van der Waals surface area contributed by atoms with Gasteiger partial charge in [-0.15, -0.1) is 0 Å². The highest BCUT2D eigenvalue weighted by molar-refractivity contribution is 5.20. The first-order chi connectivity index (χ1) is 10.8. The van der Waals surface area contributed by atoms with E-state index < -0.39 is 55.1 Å². The minimum absolute atomic E-state index is 0.236. The van der Waals surface area contributed by atoms with Gasteiger partial charge < -0.3 is 51.0 Å². The summed E-state index contributed by atoms with van der Waals surface area (Å²) < 4.78 is 9.95. The van der Waals surface area contributed by atoms with Crippen LogP contribution in [0.1, 0.15) is 0 Å². The van der Waals surface area contributed by atoms with E-state index >= 15 is 0 Å². The Morgan fingerprint density at radius 2 is 1.61 bits per heavy atom. The van der Waals surface area contributed by atoms with Crippen molar-refractivity contribution in [3.05, 3.63) is 11.6 Å². The number of aliphatic hydroxyl groups excluding tert-OH is 7. The highest BCUT2D eigenvalue weighted by atomic mass is 16.7. The van der Waals surface area contributed by atoms with Crippen molar-refractivity contribution in [2.45, 2.75) is 55.1 Å². The minimum atomic E-state index is -1.31. The molecule has 0 aromatic carbocycles. The summed E-state index contributed by atoms with van der Waals surface area (Å²) in [5.41, 5.74) is 5.64. The van der Waals surface area contributed by atoms with Gasteiger partial charge in [0, 0.05) is 0 Å². The summed E-state index contributed by atoms with van der Waals surface area (Å²) in [6.45, 7) is -0.126. The summed E-state index contributed by atoms with van der Waals surface area (Å²) in [6.07, 6.45) is -6.92. The van der Waals surface area contributed by atoms with Gasteiger partial charge >= 0.3 is 0 Å². The molecule has 1 aliphatic carbocycles. The lowest BCUT2D eigenvalue weighted by Crippen LogP contribution is -2.53. The molecule has 9 atom stereocenters. The van der Waals surface area contributed by atoms with E-state index in [4.69, 9.17) is 30.5 Å². The molecule has 0 saturated carbocycles. The van der Waals surface area contributed by atoms with Crippen LogP contribution < -0.4 is 5.73 Å². The molecule has 3 aliphatic rings. The number of hydrogen-bond donors (Lipinski definition) is 8. The molecule has 10 heteroatoms. The Bertz CT molecular complexity index is 414. The first kappa shape index (κ1) is 18.7. The Labute approximate surface area is 132 Å². The van der Waals surface area contributed by atoms with Gasteiger partial charge in [-0.1, -0.05) is 6.08 Å². The van der Waals surface area contributed by atoms with E-state index in [0.717, 1.165) is 0 Å². The molecular formula is C13H23NO9. The lowest BCUT2D eigenvalue weighted by atomic mass is 9.89. The van der Waals surface area contributed by atoms with Crippen LogP contribution in [0.2, 0.25) is 0 Å². The summed E-state index contributed by atoms with van der Waals surface area (Å²) >= 11 is 0. The molecule has 10 nitrogen and oxygen atoms in total. The Hall–Kier alpha value is -0.660. The third-order valence-electron chi connectivity index (χ3n) is 4.13. The fourth-order valence-corrected chi connectivity index (χ4v) is 2.61. The molecule has 0 aromatic heterocycles. The van der Waals surface area contributed by atoms with E-state index in [1.165, 1.54) is 6.08 Å². The van der Waals surface area contributed by atoms with Gasteiger partial charge in [0.25, 0.3) is 0 Å². The van der Waals surface area contributed by atoms with Crippen LogP contribution in [0.3, 0.4) is 0 Å². The number of hydrogen-bond acceptors (Lipinski definition) is 10. The molecule has 0 unspecified atom stereocenters. The number of ether oxygens (including phenoxy) is 2. The molecule has 0 amide bonds. The van der Waals surface area contributed by atoms with Gasteiger partial charge in [-0.05, 0) is 5.57 Å². The summed E-state index contributed by atoms with van der Waals surface area (Å²) in [5, 5.41) is 63.9. The van der Waals surface area contributed by atoms with Crippen LogP contribution in [-0.4, -0.2) is 104 Å². The van der Waals surface area contributed by atoms with Crippen LogP contribution in [0.25, 0.3) is 0 Å². The summed E-state index contributed by atoms with van der Waals surface area (Å²) in [5.74, 6) is 0. The van der Waals surface area contributed by atoms with Crippen molar-refractivity contribution in [1.82, 2.24) is 0 Å². The number of nitrogens with two attached hydrogens (primary N) is 1. The quantitative estimate of drug-likeness (QED) is 0.216. The molecule has 0 radical (unpaired) electrons. The smallest absolute Gasteiger partial charge is 0.186 e. The van der Waals surface area contributed by atoms with Crippen molar-refractivity contribution in [2.24, 2.45) is 5.73 Å². The van der Waals surface area contributed by atoms with E-state index in [1.54, 1.807) is 0 Å². The highest BCUT2D eigenvalue weighted by Crippen LogP contribution is 2.27. The molecule has 2 fully saturated rings. The largest absolute Gasteiger partial charge is 0.392 e. The lowest BCUT2D eigenvalue weighted by molar-refractivity contribution is -0.228. The van der Waals surface area contributed by atoms with Crippen molar-refractivity contribution < 1.29 is 45.2 Å². The van der Waals surface area contributed by atoms with Crippen LogP contribution in [0.5, 0.6) is 0 Å². The second kappa shape index (κ2) is 7.49. The zero-order chi connectivity index (χ0) is 17.3. The molecule has 134 valence electrons. The highest BCUT2D eigenvalue weighted by Gasteiger charge is 2.48. The van der Waals surface area contributed by atoms with Gasteiger partial charge in [-0.3, -0.25) is 0 Å². The fraction of sp³-hybridized carbons (Fsp3) is 0.846. The molecule has 2 aliphatic heterocycles. The van der Waals surface area contributed by atoms with Gasteiger partial charge in [0.2, 0.25) is 0 Å². The maximum absolute atomic E-state index is 9.23. The Balaban J connectivity index is 0.000000167. The lowest BCUT2D eigenvalue weighted by Gasteiger charge is -2.32. The Kier molecular flexibility index (Phi) is 6.08. The van der Waals surface area contributed by atoms with Crippen LogP contribution in [0.4, 0.5) is 0 Å². The number of fused-ring (bicyclic) bond motifs is 2. The summed E-state index contributed by atoms with van der Waals surface area (Å²) in [4.78, 5) is 0. The molecule has 3 rings (SSSR count). The first-order valence-electron chi connectivity index (χ1n) is 7.20. The number of aliphatic hydroxyl groups is 7. The normalized spacial score (nSPS) is 49.2. The van der Waals surface area contributed by atoms with E-state index in [-0.39, 0.29) is 18.8 Å². The zero-order valence-corrected chi connectivity index (χ0v) is 12.2. The van der Waals surface area contributed by atoms with Crippen LogP contribution >= 0.6 is 0 Å². The second-order valence-electron chi connectivity index (χ2n) is 5.75. The maximum atomic E-state index is 9.23.